The van der Waals surface area contributed by atoms with Crippen LogP contribution in [0.4, 0.5) is 10.1 Å². The van der Waals surface area contributed by atoms with Crippen molar-refractivity contribution in [3.8, 4) is 11.8 Å². The van der Waals surface area contributed by atoms with E-state index in [0.29, 0.717) is 11.3 Å². The number of nitrogen functional groups attached to an aromatic ring is 1. The summed E-state index contributed by atoms with van der Waals surface area (Å²) in [5, 5.41) is 8.50. The standard InChI is InChI=1S/C10H11FN2O/c1-6-3-9(13)10(4-8(6)11)14-7(2)5-12/h3-4,7H,13H2,1-2H3. The third kappa shape index (κ3) is 2.13. The third-order valence-electron chi connectivity index (χ3n) is 1.78. The van der Waals surface area contributed by atoms with Gasteiger partial charge in [0.2, 0.25) is 0 Å². The molecule has 0 fully saturated rings. The summed E-state index contributed by atoms with van der Waals surface area (Å²) in [7, 11) is 0. The van der Waals surface area contributed by atoms with Crippen LogP contribution in [0.5, 0.6) is 5.75 Å². The largest absolute Gasteiger partial charge is 0.474 e. The molecule has 0 spiro atoms. The van der Waals surface area contributed by atoms with Gasteiger partial charge in [0.05, 0.1) is 5.69 Å². The lowest BCUT2D eigenvalue weighted by Crippen LogP contribution is -2.10. The van der Waals surface area contributed by atoms with Gasteiger partial charge in [-0.2, -0.15) is 5.26 Å². The Morgan fingerprint density at radius 1 is 1.57 bits per heavy atom. The van der Waals surface area contributed by atoms with Crippen molar-refractivity contribution in [1.29, 1.82) is 5.26 Å². The molecule has 1 aromatic rings. The summed E-state index contributed by atoms with van der Waals surface area (Å²) in [4.78, 5) is 0. The van der Waals surface area contributed by atoms with Gasteiger partial charge >= 0.3 is 0 Å². The van der Waals surface area contributed by atoms with E-state index in [-0.39, 0.29) is 11.6 Å². The van der Waals surface area contributed by atoms with Crippen molar-refractivity contribution in [3.05, 3.63) is 23.5 Å². The molecule has 0 aliphatic heterocycles. The van der Waals surface area contributed by atoms with Gasteiger partial charge in [0.15, 0.2) is 6.10 Å². The molecule has 0 bridgehead atoms. The van der Waals surface area contributed by atoms with E-state index in [1.54, 1.807) is 13.8 Å². The van der Waals surface area contributed by atoms with E-state index in [1.165, 1.54) is 12.1 Å². The molecule has 74 valence electrons. The van der Waals surface area contributed by atoms with E-state index >= 15 is 0 Å². The second-order valence-electron chi connectivity index (χ2n) is 3.03. The predicted octanol–water partition coefficient (Wildman–Crippen LogP) is 2.01. The zero-order chi connectivity index (χ0) is 10.7. The van der Waals surface area contributed by atoms with Crippen molar-refractivity contribution in [2.24, 2.45) is 0 Å². The van der Waals surface area contributed by atoms with Gasteiger partial charge in [-0.1, -0.05) is 0 Å². The van der Waals surface area contributed by atoms with Crippen LogP contribution in [-0.4, -0.2) is 6.10 Å². The smallest absolute Gasteiger partial charge is 0.181 e. The summed E-state index contributed by atoms with van der Waals surface area (Å²) in [5.74, 6) is -0.179. The van der Waals surface area contributed by atoms with E-state index in [4.69, 9.17) is 15.7 Å². The second kappa shape index (κ2) is 3.97. The highest BCUT2D eigenvalue weighted by Crippen LogP contribution is 2.25. The van der Waals surface area contributed by atoms with E-state index in [0.717, 1.165) is 0 Å². The van der Waals surface area contributed by atoms with Gasteiger partial charge in [-0.05, 0) is 25.5 Å². The molecule has 1 unspecified atom stereocenters. The normalized spacial score (nSPS) is 11.9. The molecule has 0 saturated carbocycles. The average molecular weight is 194 g/mol. The summed E-state index contributed by atoms with van der Waals surface area (Å²) in [5.41, 5.74) is 6.39. The molecule has 0 amide bonds. The van der Waals surface area contributed by atoms with Crippen molar-refractivity contribution < 1.29 is 9.13 Å². The van der Waals surface area contributed by atoms with Crippen LogP contribution in [0, 0.1) is 24.1 Å². The maximum absolute atomic E-state index is 13.1. The van der Waals surface area contributed by atoms with Gasteiger partial charge in [-0.3, -0.25) is 0 Å². The molecule has 0 heterocycles. The first-order chi connectivity index (χ1) is 6.54. The Bertz CT molecular complexity index is 384. The fourth-order valence-electron chi connectivity index (χ4n) is 1.00. The summed E-state index contributed by atoms with van der Waals surface area (Å²) in [6.45, 7) is 3.18. The molecular formula is C10H11FN2O. The summed E-state index contributed by atoms with van der Waals surface area (Å²) < 4.78 is 18.2. The molecule has 0 radical (unpaired) electrons. The predicted molar refractivity (Wildman–Crippen MR) is 51.3 cm³/mol. The molecule has 1 atom stereocenters. The van der Waals surface area contributed by atoms with Gasteiger partial charge in [0, 0.05) is 6.07 Å². The topological polar surface area (TPSA) is 59.0 Å². The SMILES string of the molecule is Cc1cc(N)c(OC(C)C#N)cc1F. The number of ether oxygens (including phenoxy) is 1. The van der Waals surface area contributed by atoms with Crippen LogP contribution in [0.15, 0.2) is 12.1 Å². The third-order valence-corrected chi connectivity index (χ3v) is 1.78. The van der Waals surface area contributed by atoms with Crippen molar-refractivity contribution in [2.45, 2.75) is 20.0 Å². The van der Waals surface area contributed by atoms with Crippen molar-refractivity contribution in [3.63, 3.8) is 0 Å². The van der Waals surface area contributed by atoms with E-state index in [2.05, 4.69) is 0 Å². The highest BCUT2D eigenvalue weighted by molar-refractivity contribution is 5.54. The van der Waals surface area contributed by atoms with Gasteiger partial charge < -0.3 is 10.5 Å². The quantitative estimate of drug-likeness (QED) is 0.732. The van der Waals surface area contributed by atoms with Gasteiger partial charge in [-0.15, -0.1) is 0 Å². The number of rotatable bonds is 2. The lowest BCUT2D eigenvalue weighted by atomic mass is 10.2. The van der Waals surface area contributed by atoms with Crippen molar-refractivity contribution in [1.82, 2.24) is 0 Å². The molecule has 0 aromatic heterocycles. The highest BCUT2D eigenvalue weighted by atomic mass is 19.1. The number of nitrogens with zero attached hydrogens (tertiary/aromatic N) is 1. The molecule has 1 aromatic carbocycles. The Kier molecular flexibility index (Phi) is 2.92. The summed E-state index contributed by atoms with van der Waals surface area (Å²) in [6.07, 6.45) is -0.639. The van der Waals surface area contributed by atoms with Gasteiger partial charge in [-0.25, -0.2) is 4.39 Å². The molecule has 1 rings (SSSR count). The highest BCUT2D eigenvalue weighted by Gasteiger charge is 2.08. The maximum atomic E-state index is 13.1. The van der Waals surface area contributed by atoms with Crippen LogP contribution in [0.25, 0.3) is 0 Å². The molecule has 2 N–H and O–H groups in total. The summed E-state index contributed by atoms with van der Waals surface area (Å²) in [6, 6.07) is 4.55. The van der Waals surface area contributed by atoms with Crippen LogP contribution < -0.4 is 10.5 Å². The number of nitrogens with two attached hydrogens (primary N) is 1. The molecule has 0 aliphatic carbocycles. The number of aryl methyl sites for hydroxylation is 1. The second-order valence-corrected chi connectivity index (χ2v) is 3.03. The number of nitriles is 1. The fraction of sp³-hybridized carbons (Fsp3) is 0.300. The number of benzene rings is 1. The lowest BCUT2D eigenvalue weighted by molar-refractivity contribution is 0.276. The Morgan fingerprint density at radius 3 is 2.79 bits per heavy atom. The van der Waals surface area contributed by atoms with Crippen LogP contribution in [0.3, 0.4) is 0 Å². The Hall–Kier alpha value is -1.76. The zero-order valence-corrected chi connectivity index (χ0v) is 8.04. The van der Waals surface area contributed by atoms with E-state index in [1.807, 2.05) is 6.07 Å². The molecule has 14 heavy (non-hydrogen) atoms. The molecule has 3 nitrogen and oxygen atoms in total. The molecule has 4 heteroatoms. The minimum Gasteiger partial charge on any atom is -0.474 e. The number of anilines is 1. The average Bonchev–Trinajstić information content (AvgIpc) is 2.14. The number of halogens is 1. The molecule has 0 aliphatic rings. The molecule has 0 saturated heterocycles. The minimum absolute atomic E-state index is 0.210. The summed E-state index contributed by atoms with van der Waals surface area (Å²) >= 11 is 0. The van der Waals surface area contributed by atoms with Crippen LogP contribution >= 0.6 is 0 Å². The Morgan fingerprint density at radius 2 is 2.21 bits per heavy atom. The van der Waals surface area contributed by atoms with Gasteiger partial charge in [0.25, 0.3) is 0 Å². The molecular weight excluding hydrogens is 183 g/mol. The van der Waals surface area contributed by atoms with Crippen LogP contribution in [0.2, 0.25) is 0 Å². The monoisotopic (exact) mass is 194 g/mol. The van der Waals surface area contributed by atoms with Crippen LogP contribution in [0.1, 0.15) is 12.5 Å². The number of hydrogen-bond donors (Lipinski definition) is 1. The Labute approximate surface area is 81.9 Å². The minimum atomic E-state index is -0.639. The first kappa shape index (κ1) is 10.3. The van der Waals surface area contributed by atoms with E-state index < -0.39 is 6.10 Å². The lowest BCUT2D eigenvalue weighted by Gasteiger charge is -2.11. The van der Waals surface area contributed by atoms with Gasteiger partial charge in [0.1, 0.15) is 17.6 Å². The maximum Gasteiger partial charge on any atom is 0.181 e. The number of hydrogen-bond acceptors (Lipinski definition) is 3. The van der Waals surface area contributed by atoms with Crippen molar-refractivity contribution in [2.75, 3.05) is 5.73 Å². The van der Waals surface area contributed by atoms with Crippen LogP contribution in [-0.2, 0) is 0 Å². The van der Waals surface area contributed by atoms with Crippen molar-refractivity contribution >= 4 is 5.69 Å². The fourth-order valence-corrected chi connectivity index (χ4v) is 1.00. The van der Waals surface area contributed by atoms with E-state index in [9.17, 15) is 4.39 Å². The zero-order valence-electron chi connectivity index (χ0n) is 8.04. The first-order valence-electron chi connectivity index (χ1n) is 4.16. The Balaban J connectivity index is 2.99. The first-order valence-corrected chi connectivity index (χ1v) is 4.16.